The van der Waals surface area contributed by atoms with E-state index >= 15 is 0 Å². The molecule has 2 nitrogen and oxygen atoms in total. The predicted octanol–water partition coefficient (Wildman–Crippen LogP) is 4.25. The van der Waals surface area contributed by atoms with Crippen LogP contribution >= 0.6 is 15.9 Å². The largest absolute Gasteiger partial charge is 0.464 e. The van der Waals surface area contributed by atoms with E-state index in [1.807, 2.05) is 25.2 Å². The van der Waals surface area contributed by atoms with Gasteiger partial charge in [0.2, 0.25) is 0 Å². The van der Waals surface area contributed by atoms with E-state index in [4.69, 9.17) is 4.42 Å². The van der Waals surface area contributed by atoms with Gasteiger partial charge in [0.15, 0.2) is 0 Å². The first-order chi connectivity index (χ1) is 9.12. The maximum Gasteiger partial charge on any atom is 0.124 e. The van der Waals surface area contributed by atoms with Gasteiger partial charge in [-0.2, -0.15) is 0 Å². The minimum Gasteiger partial charge on any atom is -0.464 e. The van der Waals surface area contributed by atoms with Crippen LogP contribution in [0.4, 0.5) is 4.39 Å². The predicted molar refractivity (Wildman–Crippen MR) is 77.7 cm³/mol. The van der Waals surface area contributed by atoms with Crippen LogP contribution in [0, 0.1) is 5.82 Å². The second kappa shape index (κ2) is 6.35. The Morgan fingerprint density at radius 2 is 2.11 bits per heavy atom. The minimum atomic E-state index is -0.229. The van der Waals surface area contributed by atoms with Crippen molar-refractivity contribution in [3.8, 4) is 0 Å². The Morgan fingerprint density at radius 3 is 2.68 bits per heavy atom. The topological polar surface area (TPSA) is 25.2 Å². The molecule has 102 valence electrons. The average molecular weight is 326 g/mol. The van der Waals surface area contributed by atoms with Gasteiger partial charge >= 0.3 is 0 Å². The van der Waals surface area contributed by atoms with E-state index in [1.54, 1.807) is 6.07 Å². The number of nitrogens with one attached hydrogen (secondary N) is 1. The van der Waals surface area contributed by atoms with Crippen LogP contribution in [0.3, 0.4) is 0 Å². The summed E-state index contributed by atoms with van der Waals surface area (Å²) in [7, 11) is 1.88. The van der Waals surface area contributed by atoms with Gasteiger partial charge in [0.25, 0.3) is 0 Å². The lowest BCUT2D eigenvalue weighted by Crippen LogP contribution is -2.18. The Labute approximate surface area is 121 Å². The molecule has 0 saturated heterocycles. The van der Waals surface area contributed by atoms with Crippen molar-refractivity contribution in [1.82, 2.24) is 5.32 Å². The molecule has 0 bridgehead atoms. The molecule has 19 heavy (non-hydrogen) atoms. The van der Waals surface area contributed by atoms with E-state index in [-0.39, 0.29) is 11.9 Å². The third-order valence-corrected chi connectivity index (χ3v) is 3.54. The molecule has 1 aromatic carbocycles. The van der Waals surface area contributed by atoms with Crippen molar-refractivity contribution in [3.63, 3.8) is 0 Å². The van der Waals surface area contributed by atoms with Gasteiger partial charge in [-0.1, -0.05) is 22.9 Å². The summed E-state index contributed by atoms with van der Waals surface area (Å²) in [4.78, 5) is 0. The van der Waals surface area contributed by atoms with Crippen molar-refractivity contribution in [2.24, 2.45) is 0 Å². The maximum atomic E-state index is 13.4. The van der Waals surface area contributed by atoms with E-state index in [0.29, 0.717) is 6.42 Å². The molecule has 1 aromatic heterocycles. The molecule has 0 fully saturated rings. The van der Waals surface area contributed by atoms with E-state index in [0.717, 1.165) is 28.0 Å². The first kappa shape index (κ1) is 14.3. The quantitative estimate of drug-likeness (QED) is 0.889. The number of likely N-dealkylation sites (N-methyl/N-ethyl adjacent to an activating group) is 1. The summed E-state index contributed by atoms with van der Waals surface area (Å²) < 4.78 is 19.9. The Bertz CT molecular complexity index is 533. The molecule has 1 unspecified atom stereocenters. The monoisotopic (exact) mass is 325 g/mol. The highest BCUT2D eigenvalue weighted by molar-refractivity contribution is 9.10. The molecule has 0 aliphatic heterocycles. The Balaban J connectivity index is 2.18. The number of benzene rings is 1. The SMILES string of the molecule is CCc1ccc(C(Cc2cc(F)cc(Br)c2)NC)o1. The van der Waals surface area contributed by atoms with E-state index in [9.17, 15) is 4.39 Å². The van der Waals surface area contributed by atoms with Crippen LogP contribution < -0.4 is 5.32 Å². The normalized spacial score (nSPS) is 12.6. The van der Waals surface area contributed by atoms with Crippen LogP contribution in [-0.2, 0) is 12.8 Å². The lowest BCUT2D eigenvalue weighted by molar-refractivity contribution is 0.406. The fourth-order valence-electron chi connectivity index (χ4n) is 2.08. The van der Waals surface area contributed by atoms with Crippen LogP contribution in [0.25, 0.3) is 0 Å². The highest BCUT2D eigenvalue weighted by Gasteiger charge is 2.15. The molecule has 4 heteroatoms. The standard InChI is InChI=1S/C15H17BrFNO/c1-3-13-4-5-15(19-13)14(18-2)8-10-6-11(16)9-12(17)7-10/h4-7,9,14,18H,3,8H2,1-2H3. The molecule has 0 aliphatic rings. The molecule has 1 N–H and O–H groups in total. The fraction of sp³-hybridized carbons (Fsp3) is 0.333. The summed E-state index contributed by atoms with van der Waals surface area (Å²) in [6.45, 7) is 2.06. The zero-order valence-corrected chi connectivity index (χ0v) is 12.6. The van der Waals surface area contributed by atoms with Crippen molar-refractivity contribution in [2.45, 2.75) is 25.8 Å². The summed E-state index contributed by atoms with van der Waals surface area (Å²) in [6, 6.07) is 8.96. The first-order valence-corrected chi connectivity index (χ1v) is 7.12. The van der Waals surface area contributed by atoms with Gasteiger partial charge in [-0.3, -0.25) is 0 Å². The van der Waals surface area contributed by atoms with Crippen molar-refractivity contribution in [1.29, 1.82) is 0 Å². The Kier molecular flexibility index (Phi) is 4.77. The van der Waals surface area contributed by atoms with Crippen molar-refractivity contribution in [3.05, 3.63) is 57.7 Å². The molecule has 1 atom stereocenters. The molecule has 0 amide bonds. The molecule has 2 aromatic rings. The lowest BCUT2D eigenvalue weighted by Gasteiger charge is -2.14. The number of hydrogen-bond acceptors (Lipinski definition) is 2. The molecular formula is C15H17BrFNO. The number of halogens is 2. The van der Waals surface area contributed by atoms with Crippen LogP contribution in [0.2, 0.25) is 0 Å². The van der Waals surface area contributed by atoms with Gasteiger partial charge in [0.05, 0.1) is 6.04 Å². The molecule has 0 spiro atoms. The number of furan rings is 1. The molecule has 1 heterocycles. The van der Waals surface area contributed by atoms with E-state index in [2.05, 4.69) is 28.2 Å². The third kappa shape index (κ3) is 3.67. The van der Waals surface area contributed by atoms with Gasteiger partial charge in [-0.25, -0.2) is 4.39 Å². The second-order valence-electron chi connectivity index (χ2n) is 4.48. The van der Waals surface area contributed by atoms with Crippen LogP contribution in [0.5, 0.6) is 0 Å². The minimum absolute atomic E-state index is 0.0500. The van der Waals surface area contributed by atoms with Gasteiger partial charge < -0.3 is 9.73 Å². The third-order valence-electron chi connectivity index (χ3n) is 3.08. The van der Waals surface area contributed by atoms with Crippen molar-refractivity contribution < 1.29 is 8.81 Å². The first-order valence-electron chi connectivity index (χ1n) is 6.33. The van der Waals surface area contributed by atoms with Gasteiger partial charge in [-0.15, -0.1) is 0 Å². The summed E-state index contributed by atoms with van der Waals surface area (Å²) in [6.07, 6.45) is 1.56. The molecule has 0 aliphatic carbocycles. The number of aryl methyl sites for hydroxylation is 1. The number of hydrogen-bond donors (Lipinski definition) is 1. The Morgan fingerprint density at radius 1 is 1.32 bits per heavy atom. The lowest BCUT2D eigenvalue weighted by atomic mass is 10.0. The van der Waals surface area contributed by atoms with Crippen LogP contribution in [-0.4, -0.2) is 7.05 Å². The molecule has 2 rings (SSSR count). The van der Waals surface area contributed by atoms with Gasteiger partial charge in [0, 0.05) is 10.9 Å². The van der Waals surface area contributed by atoms with Crippen molar-refractivity contribution in [2.75, 3.05) is 7.05 Å². The van der Waals surface area contributed by atoms with Crippen LogP contribution in [0.15, 0.2) is 39.2 Å². The smallest absolute Gasteiger partial charge is 0.124 e. The van der Waals surface area contributed by atoms with Gasteiger partial charge in [0.1, 0.15) is 17.3 Å². The highest BCUT2D eigenvalue weighted by Crippen LogP contribution is 2.23. The highest BCUT2D eigenvalue weighted by atomic mass is 79.9. The average Bonchev–Trinajstić information content (AvgIpc) is 2.83. The van der Waals surface area contributed by atoms with E-state index in [1.165, 1.54) is 6.07 Å². The van der Waals surface area contributed by atoms with E-state index < -0.39 is 0 Å². The summed E-state index contributed by atoms with van der Waals surface area (Å²) in [5.74, 6) is 1.63. The fourth-order valence-corrected chi connectivity index (χ4v) is 2.59. The maximum absolute atomic E-state index is 13.4. The molecule has 0 radical (unpaired) electrons. The number of rotatable bonds is 5. The Hall–Kier alpha value is -1.13. The zero-order chi connectivity index (χ0) is 13.8. The molecule has 0 saturated carbocycles. The molecular weight excluding hydrogens is 309 g/mol. The summed E-state index contributed by atoms with van der Waals surface area (Å²) in [5, 5.41) is 3.21. The van der Waals surface area contributed by atoms with Crippen molar-refractivity contribution >= 4 is 15.9 Å². The summed E-state index contributed by atoms with van der Waals surface area (Å²) in [5.41, 5.74) is 0.931. The zero-order valence-electron chi connectivity index (χ0n) is 11.0. The second-order valence-corrected chi connectivity index (χ2v) is 5.40. The van der Waals surface area contributed by atoms with Crippen LogP contribution in [0.1, 0.15) is 30.0 Å². The summed E-state index contributed by atoms with van der Waals surface area (Å²) >= 11 is 3.31. The van der Waals surface area contributed by atoms with Gasteiger partial charge in [-0.05, 0) is 49.4 Å².